The Kier molecular flexibility index (Phi) is 3.31. The molecule has 2 unspecified atom stereocenters. The largest absolute Gasteiger partial charge is 0.497 e. The average molecular weight is 222 g/mol. The lowest BCUT2D eigenvalue weighted by molar-refractivity contribution is 0.392. The molecule has 1 aliphatic heterocycles. The maximum absolute atomic E-state index is 6.05. The van der Waals surface area contributed by atoms with Gasteiger partial charge in [-0.3, -0.25) is 0 Å². The fourth-order valence-corrected chi connectivity index (χ4v) is 2.11. The van der Waals surface area contributed by atoms with Gasteiger partial charge < -0.3 is 20.5 Å². The molecule has 1 aliphatic rings. The van der Waals surface area contributed by atoms with E-state index in [2.05, 4.69) is 5.32 Å². The zero-order valence-corrected chi connectivity index (χ0v) is 9.69. The van der Waals surface area contributed by atoms with E-state index in [9.17, 15) is 0 Å². The van der Waals surface area contributed by atoms with E-state index in [1.54, 1.807) is 14.2 Å². The standard InChI is InChI=1S/C12H18N2O2/c1-15-9-3-8(4-10(5-9)16-2)11-6-14-7-12(11)13/h3-5,11-12,14H,6-7,13H2,1-2H3. The minimum atomic E-state index is 0.164. The minimum Gasteiger partial charge on any atom is -0.497 e. The molecule has 2 rings (SSSR count). The van der Waals surface area contributed by atoms with E-state index in [0.29, 0.717) is 5.92 Å². The van der Waals surface area contributed by atoms with Gasteiger partial charge in [0.25, 0.3) is 0 Å². The van der Waals surface area contributed by atoms with Crippen molar-refractivity contribution in [2.45, 2.75) is 12.0 Å². The zero-order chi connectivity index (χ0) is 11.5. The van der Waals surface area contributed by atoms with Crippen LogP contribution in [0.1, 0.15) is 11.5 Å². The number of hydrogen-bond acceptors (Lipinski definition) is 4. The summed E-state index contributed by atoms with van der Waals surface area (Å²) >= 11 is 0. The Labute approximate surface area is 95.7 Å². The lowest BCUT2D eigenvalue weighted by atomic mass is 9.94. The molecule has 88 valence electrons. The quantitative estimate of drug-likeness (QED) is 0.791. The second-order valence-corrected chi connectivity index (χ2v) is 4.07. The summed E-state index contributed by atoms with van der Waals surface area (Å²) in [4.78, 5) is 0. The molecule has 0 amide bonds. The summed E-state index contributed by atoms with van der Waals surface area (Å²) in [5.74, 6) is 1.96. The van der Waals surface area contributed by atoms with Crippen LogP contribution in [-0.2, 0) is 0 Å². The number of nitrogens with one attached hydrogen (secondary N) is 1. The monoisotopic (exact) mass is 222 g/mol. The van der Waals surface area contributed by atoms with Crippen LogP contribution in [0.5, 0.6) is 11.5 Å². The summed E-state index contributed by atoms with van der Waals surface area (Å²) in [6, 6.07) is 6.09. The highest BCUT2D eigenvalue weighted by molar-refractivity contribution is 5.41. The SMILES string of the molecule is COc1cc(OC)cc(C2CNCC2N)c1. The number of nitrogens with two attached hydrogens (primary N) is 1. The van der Waals surface area contributed by atoms with Gasteiger partial charge in [0.1, 0.15) is 11.5 Å². The smallest absolute Gasteiger partial charge is 0.122 e. The van der Waals surface area contributed by atoms with Crippen LogP contribution < -0.4 is 20.5 Å². The molecule has 0 aliphatic carbocycles. The Morgan fingerprint density at radius 3 is 2.19 bits per heavy atom. The summed E-state index contributed by atoms with van der Waals surface area (Å²) in [6.07, 6.45) is 0. The van der Waals surface area contributed by atoms with Crippen LogP contribution >= 0.6 is 0 Å². The highest BCUT2D eigenvalue weighted by atomic mass is 16.5. The second kappa shape index (κ2) is 4.72. The van der Waals surface area contributed by atoms with E-state index in [1.807, 2.05) is 18.2 Å². The lowest BCUT2D eigenvalue weighted by Gasteiger charge is -2.16. The van der Waals surface area contributed by atoms with Crippen LogP contribution in [0, 0.1) is 0 Å². The topological polar surface area (TPSA) is 56.5 Å². The molecule has 3 N–H and O–H groups in total. The van der Waals surface area contributed by atoms with Gasteiger partial charge in [0.2, 0.25) is 0 Å². The van der Waals surface area contributed by atoms with E-state index in [4.69, 9.17) is 15.2 Å². The fraction of sp³-hybridized carbons (Fsp3) is 0.500. The first kappa shape index (κ1) is 11.2. The Morgan fingerprint density at radius 1 is 1.12 bits per heavy atom. The fourth-order valence-electron chi connectivity index (χ4n) is 2.11. The van der Waals surface area contributed by atoms with Gasteiger partial charge in [0, 0.05) is 31.1 Å². The predicted octanol–water partition coefficient (Wildman–Crippen LogP) is 0.718. The maximum Gasteiger partial charge on any atom is 0.122 e. The number of methoxy groups -OCH3 is 2. The Hall–Kier alpha value is -1.26. The average Bonchev–Trinajstić information content (AvgIpc) is 2.74. The second-order valence-electron chi connectivity index (χ2n) is 4.07. The van der Waals surface area contributed by atoms with E-state index < -0.39 is 0 Å². The van der Waals surface area contributed by atoms with Gasteiger partial charge in [-0.1, -0.05) is 0 Å². The van der Waals surface area contributed by atoms with Gasteiger partial charge in [0.15, 0.2) is 0 Å². The molecule has 0 bridgehead atoms. The number of ether oxygens (including phenoxy) is 2. The van der Waals surface area contributed by atoms with E-state index >= 15 is 0 Å². The highest BCUT2D eigenvalue weighted by Crippen LogP contribution is 2.29. The van der Waals surface area contributed by atoms with Crippen molar-refractivity contribution >= 4 is 0 Å². The predicted molar refractivity (Wildman–Crippen MR) is 63.1 cm³/mol. The van der Waals surface area contributed by atoms with Gasteiger partial charge in [-0.15, -0.1) is 0 Å². The van der Waals surface area contributed by atoms with Crippen molar-refractivity contribution in [1.29, 1.82) is 0 Å². The zero-order valence-electron chi connectivity index (χ0n) is 9.69. The molecule has 1 aromatic rings. The molecule has 0 radical (unpaired) electrons. The maximum atomic E-state index is 6.05. The van der Waals surface area contributed by atoms with Crippen LogP contribution in [0.2, 0.25) is 0 Å². The number of rotatable bonds is 3. The Bertz CT molecular complexity index is 346. The minimum absolute atomic E-state index is 0.164. The molecule has 0 spiro atoms. The van der Waals surface area contributed by atoms with Crippen molar-refractivity contribution in [3.05, 3.63) is 23.8 Å². The summed E-state index contributed by atoms with van der Waals surface area (Å²) in [5, 5.41) is 3.29. The van der Waals surface area contributed by atoms with E-state index in [0.717, 1.165) is 24.6 Å². The molecule has 4 nitrogen and oxygen atoms in total. The van der Waals surface area contributed by atoms with Crippen molar-refractivity contribution < 1.29 is 9.47 Å². The first-order valence-electron chi connectivity index (χ1n) is 5.44. The number of hydrogen-bond donors (Lipinski definition) is 2. The lowest BCUT2D eigenvalue weighted by Crippen LogP contribution is -2.27. The van der Waals surface area contributed by atoms with Crippen LogP contribution in [0.4, 0.5) is 0 Å². The van der Waals surface area contributed by atoms with Crippen molar-refractivity contribution in [2.75, 3.05) is 27.3 Å². The molecule has 0 aromatic heterocycles. The third kappa shape index (κ3) is 2.13. The van der Waals surface area contributed by atoms with Crippen molar-refractivity contribution in [2.24, 2.45) is 5.73 Å². The molecule has 2 atom stereocenters. The van der Waals surface area contributed by atoms with Gasteiger partial charge in [-0.2, -0.15) is 0 Å². The molecular formula is C12H18N2O2. The molecule has 1 fully saturated rings. The highest BCUT2D eigenvalue weighted by Gasteiger charge is 2.25. The van der Waals surface area contributed by atoms with E-state index in [-0.39, 0.29) is 6.04 Å². The van der Waals surface area contributed by atoms with Crippen LogP contribution in [-0.4, -0.2) is 33.4 Å². The molecule has 1 aromatic carbocycles. The summed E-state index contributed by atoms with van der Waals surface area (Å²) in [5.41, 5.74) is 7.22. The van der Waals surface area contributed by atoms with Gasteiger partial charge in [-0.25, -0.2) is 0 Å². The molecule has 1 heterocycles. The van der Waals surface area contributed by atoms with Crippen LogP contribution in [0.15, 0.2) is 18.2 Å². The summed E-state index contributed by atoms with van der Waals surface area (Å²) < 4.78 is 10.5. The Morgan fingerprint density at radius 2 is 1.75 bits per heavy atom. The normalized spacial score (nSPS) is 24.4. The molecular weight excluding hydrogens is 204 g/mol. The van der Waals surface area contributed by atoms with E-state index in [1.165, 1.54) is 5.56 Å². The summed E-state index contributed by atoms with van der Waals surface area (Å²) in [6.45, 7) is 1.78. The van der Waals surface area contributed by atoms with Crippen molar-refractivity contribution in [1.82, 2.24) is 5.32 Å². The first-order valence-corrected chi connectivity index (χ1v) is 5.44. The molecule has 16 heavy (non-hydrogen) atoms. The van der Waals surface area contributed by atoms with Crippen molar-refractivity contribution in [3.8, 4) is 11.5 Å². The van der Waals surface area contributed by atoms with Crippen LogP contribution in [0.3, 0.4) is 0 Å². The van der Waals surface area contributed by atoms with Gasteiger partial charge in [0.05, 0.1) is 14.2 Å². The third-order valence-electron chi connectivity index (χ3n) is 3.06. The van der Waals surface area contributed by atoms with Crippen LogP contribution in [0.25, 0.3) is 0 Å². The van der Waals surface area contributed by atoms with Gasteiger partial charge in [-0.05, 0) is 17.7 Å². The van der Waals surface area contributed by atoms with Gasteiger partial charge >= 0.3 is 0 Å². The third-order valence-corrected chi connectivity index (χ3v) is 3.06. The first-order chi connectivity index (χ1) is 7.74. The molecule has 1 saturated heterocycles. The Balaban J connectivity index is 2.31. The number of benzene rings is 1. The summed E-state index contributed by atoms with van der Waals surface area (Å²) in [7, 11) is 3.32. The molecule has 4 heteroatoms. The molecule has 0 saturated carbocycles. The van der Waals surface area contributed by atoms with Crippen molar-refractivity contribution in [3.63, 3.8) is 0 Å².